The van der Waals surface area contributed by atoms with Gasteiger partial charge in [0, 0.05) is 17.7 Å². The lowest BCUT2D eigenvalue weighted by molar-refractivity contribution is -0.122. The van der Waals surface area contributed by atoms with E-state index in [2.05, 4.69) is 15.3 Å². The number of carbonyl (C=O) groups is 2. The Labute approximate surface area is 156 Å². The molecule has 1 aromatic carbocycles. The molecule has 1 unspecified atom stereocenters. The third-order valence-corrected chi connectivity index (χ3v) is 5.32. The van der Waals surface area contributed by atoms with E-state index in [1.165, 1.54) is 11.3 Å². The summed E-state index contributed by atoms with van der Waals surface area (Å²) in [6, 6.07) is 11.3. The Hall–Kier alpha value is -2.47. The summed E-state index contributed by atoms with van der Waals surface area (Å²) in [5.74, 6) is 0.804. The molecule has 2 N–H and O–H groups in total. The molecule has 3 aromatic rings. The first-order chi connectivity index (χ1) is 12.4. The van der Waals surface area contributed by atoms with Gasteiger partial charge >= 0.3 is 0 Å². The van der Waals surface area contributed by atoms with Crippen molar-refractivity contribution in [3.05, 3.63) is 52.0 Å². The molecule has 2 heterocycles. The molecule has 0 bridgehead atoms. The molecule has 0 radical (unpaired) electrons. The van der Waals surface area contributed by atoms with Gasteiger partial charge in [-0.05, 0) is 37.1 Å². The minimum atomic E-state index is -0.214. The lowest BCUT2D eigenvalue weighted by Gasteiger charge is -2.20. The van der Waals surface area contributed by atoms with Gasteiger partial charge in [-0.3, -0.25) is 9.59 Å². The van der Waals surface area contributed by atoms with Gasteiger partial charge in [0.05, 0.1) is 22.0 Å². The molecule has 1 amide bonds. The summed E-state index contributed by atoms with van der Waals surface area (Å²) in [6.45, 7) is 6.05. The smallest absolute Gasteiger partial charge is 0.221 e. The maximum absolute atomic E-state index is 12.4. The van der Waals surface area contributed by atoms with Crippen molar-refractivity contribution in [3.8, 4) is 0 Å². The molecule has 3 rings (SSSR count). The number of H-pyrrole nitrogens is 1. The second-order valence-corrected chi connectivity index (χ2v) is 8.05. The molecule has 136 valence electrons. The second-order valence-electron chi connectivity index (χ2n) is 6.76. The highest BCUT2D eigenvalue weighted by Crippen LogP contribution is 2.23. The largest absolute Gasteiger partial charge is 0.346 e. The standard InChI is InChI=1S/C20H23N3O2S/c1-12(2)19(20-21-14-6-4-5-7-15(14)22-20)23-18(25)11-9-16(24)17-10-8-13(3)26-17/h4-8,10,12,19H,9,11H2,1-3H3,(H,21,22)(H,23,25). The van der Waals surface area contributed by atoms with Crippen molar-refractivity contribution in [1.29, 1.82) is 0 Å². The number of nitrogens with one attached hydrogen (secondary N) is 2. The van der Waals surface area contributed by atoms with Crippen molar-refractivity contribution in [3.63, 3.8) is 0 Å². The molecule has 26 heavy (non-hydrogen) atoms. The van der Waals surface area contributed by atoms with Crippen molar-refractivity contribution >= 4 is 34.1 Å². The van der Waals surface area contributed by atoms with Gasteiger partial charge < -0.3 is 10.3 Å². The summed E-state index contributed by atoms with van der Waals surface area (Å²) in [5.41, 5.74) is 1.83. The molecule has 0 fully saturated rings. The number of benzene rings is 1. The van der Waals surface area contributed by atoms with Gasteiger partial charge in [0.1, 0.15) is 5.82 Å². The van der Waals surface area contributed by atoms with E-state index in [1.54, 1.807) is 0 Å². The van der Waals surface area contributed by atoms with Crippen LogP contribution < -0.4 is 5.32 Å². The zero-order valence-electron chi connectivity index (χ0n) is 15.2. The zero-order chi connectivity index (χ0) is 18.7. The van der Waals surface area contributed by atoms with E-state index < -0.39 is 0 Å². The molecular weight excluding hydrogens is 346 g/mol. The number of thiophene rings is 1. The summed E-state index contributed by atoms with van der Waals surface area (Å²) in [4.78, 5) is 34.3. The number of imidazole rings is 1. The molecule has 1 atom stereocenters. The molecule has 0 saturated heterocycles. The van der Waals surface area contributed by atoms with Crippen LogP contribution in [0.5, 0.6) is 0 Å². The highest BCUT2D eigenvalue weighted by molar-refractivity contribution is 7.14. The normalized spacial score (nSPS) is 12.5. The van der Waals surface area contributed by atoms with Gasteiger partial charge in [-0.1, -0.05) is 26.0 Å². The van der Waals surface area contributed by atoms with Crippen molar-refractivity contribution < 1.29 is 9.59 Å². The van der Waals surface area contributed by atoms with Gasteiger partial charge in [0.2, 0.25) is 5.91 Å². The monoisotopic (exact) mass is 369 g/mol. The van der Waals surface area contributed by atoms with Crippen LogP contribution in [0, 0.1) is 12.8 Å². The highest BCUT2D eigenvalue weighted by Gasteiger charge is 2.22. The van der Waals surface area contributed by atoms with E-state index in [9.17, 15) is 9.59 Å². The molecule has 0 aliphatic carbocycles. The maximum Gasteiger partial charge on any atom is 0.221 e. The lowest BCUT2D eigenvalue weighted by atomic mass is 10.0. The molecular formula is C20H23N3O2S. The number of hydrogen-bond donors (Lipinski definition) is 2. The van der Waals surface area contributed by atoms with Crippen LogP contribution >= 0.6 is 11.3 Å². The fraction of sp³-hybridized carbons (Fsp3) is 0.350. The number of aromatic amines is 1. The number of hydrogen-bond acceptors (Lipinski definition) is 4. The SMILES string of the molecule is Cc1ccc(C(=O)CCC(=O)NC(c2nc3ccccc3[nH]2)C(C)C)s1. The average Bonchev–Trinajstić information content (AvgIpc) is 3.23. The highest BCUT2D eigenvalue weighted by atomic mass is 32.1. The number of Topliss-reactive ketones (excluding diaryl/α,β-unsaturated/α-hetero) is 1. The number of ketones is 1. The van der Waals surface area contributed by atoms with Gasteiger partial charge in [-0.2, -0.15) is 0 Å². The Bertz CT molecular complexity index is 893. The first-order valence-corrected chi connectivity index (χ1v) is 9.59. The third-order valence-electron chi connectivity index (χ3n) is 4.28. The second kappa shape index (κ2) is 7.83. The predicted molar refractivity (Wildman–Crippen MR) is 104 cm³/mol. The van der Waals surface area contributed by atoms with Gasteiger partial charge in [0.15, 0.2) is 5.78 Å². The van der Waals surface area contributed by atoms with Crippen LogP contribution in [0.1, 0.15) is 53.1 Å². The topological polar surface area (TPSA) is 74.8 Å². The van der Waals surface area contributed by atoms with E-state index in [0.717, 1.165) is 21.7 Å². The third kappa shape index (κ3) is 4.19. The Morgan fingerprint density at radius 2 is 1.92 bits per heavy atom. The van der Waals surface area contributed by atoms with Crippen LogP contribution in [0.3, 0.4) is 0 Å². The minimum absolute atomic E-state index is 0.0167. The molecule has 5 nitrogen and oxygen atoms in total. The molecule has 2 aromatic heterocycles. The molecule has 0 aliphatic heterocycles. The molecule has 0 aliphatic rings. The summed E-state index contributed by atoms with van der Waals surface area (Å²) in [5, 5.41) is 3.02. The Morgan fingerprint density at radius 3 is 2.58 bits per heavy atom. The van der Waals surface area contributed by atoms with E-state index in [4.69, 9.17) is 0 Å². The van der Waals surface area contributed by atoms with Crippen LogP contribution in [0.25, 0.3) is 11.0 Å². The van der Waals surface area contributed by atoms with Crippen LogP contribution in [0.15, 0.2) is 36.4 Å². The van der Waals surface area contributed by atoms with Crippen LogP contribution in [-0.2, 0) is 4.79 Å². The summed E-state index contributed by atoms with van der Waals surface area (Å²) in [7, 11) is 0. The number of nitrogens with zero attached hydrogens (tertiary/aromatic N) is 1. The maximum atomic E-state index is 12.4. The quantitative estimate of drug-likeness (QED) is 0.606. The van der Waals surface area contributed by atoms with E-state index in [0.29, 0.717) is 4.88 Å². The van der Waals surface area contributed by atoms with Crippen molar-refractivity contribution in [2.75, 3.05) is 0 Å². The van der Waals surface area contributed by atoms with E-state index >= 15 is 0 Å². The van der Waals surface area contributed by atoms with Gasteiger partial charge in [0.25, 0.3) is 0 Å². The number of aromatic nitrogens is 2. The van der Waals surface area contributed by atoms with Gasteiger partial charge in [-0.25, -0.2) is 4.98 Å². The fourth-order valence-electron chi connectivity index (χ4n) is 2.85. The number of fused-ring (bicyclic) bond motifs is 1. The van der Waals surface area contributed by atoms with E-state index in [-0.39, 0.29) is 36.5 Å². The number of carbonyl (C=O) groups excluding carboxylic acids is 2. The average molecular weight is 369 g/mol. The first kappa shape index (κ1) is 18.3. The Kier molecular flexibility index (Phi) is 5.52. The number of para-hydroxylation sites is 2. The summed E-state index contributed by atoms with van der Waals surface area (Å²) in [6.07, 6.45) is 0.399. The lowest BCUT2D eigenvalue weighted by Crippen LogP contribution is -2.32. The van der Waals surface area contributed by atoms with E-state index in [1.807, 2.05) is 57.2 Å². The first-order valence-electron chi connectivity index (χ1n) is 8.77. The van der Waals surface area contributed by atoms with Crippen molar-refractivity contribution in [1.82, 2.24) is 15.3 Å². The van der Waals surface area contributed by atoms with Crippen LogP contribution in [0.2, 0.25) is 0 Å². The Balaban J connectivity index is 1.64. The fourth-order valence-corrected chi connectivity index (χ4v) is 3.69. The molecule has 0 spiro atoms. The number of amides is 1. The number of rotatable bonds is 7. The molecule has 6 heteroatoms. The van der Waals surface area contributed by atoms with Gasteiger partial charge in [-0.15, -0.1) is 11.3 Å². The van der Waals surface area contributed by atoms with Crippen molar-refractivity contribution in [2.45, 2.75) is 39.7 Å². The predicted octanol–water partition coefficient (Wildman–Crippen LogP) is 4.41. The zero-order valence-corrected chi connectivity index (χ0v) is 16.0. The van der Waals surface area contributed by atoms with Crippen LogP contribution in [0.4, 0.5) is 0 Å². The number of aryl methyl sites for hydroxylation is 1. The summed E-state index contributed by atoms with van der Waals surface area (Å²) >= 11 is 1.47. The Morgan fingerprint density at radius 1 is 1.15 bits per heavy atom. The molecule has 0 saturated carbocycles. The van der Waals surface area contributed by atoms with Crippen LogP contribution in [-0.4, -0.2) is 21.7 Å². The minimum Gasteiger partial charge on any atom is -0.346 e. The summed E-state index contributed by atoms with van der Waals surface area (Å²) < 4.78 is 0. The van der Waals surface area contributed by atoms with Crippen molar-refractivity contribution in [2.24, 2.45) is 5.92 Å².